The Hall–Kier alpha value is -1.26. The summed E-state index contributed by atoms with van der Waals surface area (Å²) < 4.78 is 5.25. The molecule has 0 radical (unpaired) electrons. The van der Waals surface area contributed by atoms with Crippen molar-refractivity contribution in [3.05, 3.63) is 28.8 Å². The van der Waals surface area contributed by atoms with Crippen molar-refractivity contribution >= 4 is 17.5 Å². The van der Waals surface area contributed by atoms with Gasteiger partial charge in [0.2, 0.25) is 5.91 Å². The van der Waals surface area contributed by atoms with Crippen LogP contribution < -0.4 is 15.4 Å². The van der Waals surface area contributed by atoms with Crippen molar-refractivity contribution in [2.24, 2.45) is 0 Å². The number of hydrogen-bond donors (Lipinski definition) is 2. The fraction of sp³-hybridized carbons (Fsp3) is 0.500. The topological polar surface area (TPSA) is 50.4 Å². The average molecular weight is 285 g/mol. The van der Waals surface area contributed by atoms with Crippen LogP contribution in [0.4, 0.5) is 0 Å². The lowest BCUT2D eigenvalue weighted by Gasteiger charge is -2.10. The van der Waals surface area contributed by atoms with E-state index in [4.69, 9.17) is 16.3 Å². The second kappa shape index (κ2) is 8.77. The minimum Gasteiger partial charge on any atom is -0.496 e. The first kappa shape index (κ1) is 15.8. The predicted octanol–water partition coefficient (Wildman–Crippen LogP) is 2.35. The van der Waals surface area contributed by atoms with E-state index in [0.29, 0.717) is 24.5 Å². The SMILES string of the molecule is CCCNC(=O)CCNCc1cc(Cl)ccc1OC. The standard InChI is InChI=1S/C14H21ClN2O2/c1-3-7-17-14(18)6-8-16-10-11-9-12(15)4-5-13(11)19-2/h4-5,9,16H,3,6-8,10H2,1-2H3,(H,17,18). The van der Waals surface area contributed by atoms with Gasteiger partial charge in [-0.1, -0.05) is 18.5 Å². The minimum absolute atomic E-state index is 0.0763. The smallest absolute Gasteiger partial charge is 0.221 e. The monoisotopic (exact) mass is 284 g/mol. The van der Waals surface area contributed by atoms with E-state index >= 15 is 0 Å². The molecule has 0 aliphatic carbocycles. The van der Waals surface area contributed by atoms with Crippen LogP contribution in [0.1, 0.15) is 25.3 Å². The van der Waals surface area contributed by atoms with Gasteiger partial charge in [0.15, 0.2) is 0 Å². The molecule has 2 N–H and O–H groups in total. The van der Waals surface area contributed by atoms with Gasteiger partial charge < -0.3 is 15.4 Å². The first-order valence-electron chi connectivity index (χ1n) is 6.47. The maximum Gasteiger partial charge on any atom is 0.221 e. The third kappa shape index (κ3) is 5.94. The molecule has 0 spiro atoms. The average Bonchev–Trinajstić information content (AvgIpc) is 2.41. The predicted molar refractivity (Wildman–Crippen MR) is 77.6 cm³/mol. The van der Waals surface area contributed by atoms with E-state index in [-0.39, 0.29) is 5.91 Å². The van der Waals surface area contributed by atoms with Crippen molar-refractivity contribution in [1.82, 2.24) is 10.6 Å². The van der Waals surface area contributed by atoms with Crippen LogP contribution in [0.5, 0.6) is 5.75 Å². The highest BCUT2D eigenvalue weighted by Crippen LogP contribution is 2.22. The van der Waals surface area contributed by atoms with E-state index in [9.17, 15) is 4.79 Å². The molecule has 0 aliphatic heterocycles. The van der Waals surface area contributed by atoms with Gasteiger partial charge in [0.25, 0.3) is 0 Å². The van der Waals surface area contributed by atoms with Crippen LogP contribution in [0.25, 0.3) is 0 Å². The number of carbonyl (C=O) groups is 1. The minimum atomic E-state index is 0.0763. The van der Waals surface area contributed by atoms with E-state index in [1.165, 1.54) is 0 Å². The first-order valence-corrected chi connectivity index (χ1v) is 6.85. The highest BCUT2D eigenvalue weighted by molar-refractivity contribution is 6.30. The van der Waals surface area contributed by atoms with Gasteiger partial charge in [-0.3, -0.25) is 4.79 Å². The summed E-state index contributed by atoms with van der Waals surface area (Å²) in [7, 11) is 1.63. The summed E-state index contributed by atoms with van der Waals surface area (Å²) in [6.45, 7) is 4.03. The van der Waals surface area contributed by atoms with Crippen LogP contribution in [0.2, 0.25) is 5.02 Å². The zero-order valence-electron chi connectivity index (χ0n) is 11.5. The van der Waals surface area contributed by atoms with E-state index < -0.39 is 0 Å². The molecule has 5 heteroatoms. The second-order valence-corrected chi connectivity index (χ2v) is 4.67. The molecule has 0 aliphatic rings. The van der Waals surface area contributed by atoms with Gasteiger partial charge in [-0.25, -0.2) is 0 Å². The number of carbonyl (C=O) groups excluding carboxylic acids is 1. The van der Waals surface area contributed by atoms with Gasteiger partial charge in [0.1, 0.15) is 5.75 Å². The Bertz CT molecular complexity index is 410. The number of rotatable bonds is 8. The van der Waals surface area contributed by atoms with Crippen molar-refractivity contribution in [2.45, 2.75) is 26.3 Å². The zero-order chi connectivity index (χ0) is 14.1. The van der Waals surface area contributed by atoms with Crippen molar-refractivity contribution < 1.29 is 9.53 Å². The third-order valence-corrected chi connectivity index (χ3v) is 2.89. The van der Waals surface area contributed by atoms with E-state index in [1.807, 2.05) is 19.1 Å². The summed E-state index contributed by atoms with van der Waals surface area (Å²) in [6.07, 6.45) is 1.43. The Labute approximate surface area is 119 Å². The fourth-order valence-electron chi connectivity index (χ4n) is 1.66. The molecule has 0 bridgehead atoms. The molecule has 1 rings (SSSR count). The Morgan fingerprint density at radius 3 is 2.84 bits per heavy atom. The van der Waals surface area contributed by atoms with Crippen LogP contribution in [0, 0.1) is 0 Å². The highest BCUT2D eigenvalue weighted by Gasteiger charge is 2.04. The van der Waals surface area contributed by atoms with E-state index in [1.54, 1.807) is 13.2 Å². The van der Waals surface area contributed by atoms with Crippen molar-refractivity contribution in [3.8, 4) is 5.75 Å². The molecule has 1 aromatic carbocycles. The molecule has 19 heavy (non-hydrogen) atoms. The quantitative estimate of drug-likeness (QED) is 0.721. The molecular formula is C14H21ClN2O2. The number of ether oxygens (including phenoxy) is 1. The molecule has 0 unspecified atom stereocenters. The molecular weight excluding hydrogens is 264 g/mol. The summed E-state index contributed by atoms with van der Waals surface area (Å²) in [5.74, 6) is 0.875. The van der Waals surface area contributed by atoms with E-state index in [2.05, 4.69) is 10.6 Å². The number of halogens is 1. The normalized spacial score (nSPS) is 10.3. The Morgan fingerprint density at radius 1 is 1.37 bits per heavy atom. The largest absolute Gasteiger partial charge is 0.496 e. The molecule has 106 valence electrons. The summed E-state index contributed by atoms with van der Waals surface area (Å²) in [4.78, 5) is 11.4. The maximum absolute atomic E-state index is 11.4. The molecule has 0 aromatic heterocycles. The van der Waals surface area contributed by atoms with Gasteiger partial charge in [0, 0.05) is 36.6 Å². The maximum atomic E-state index is 11.4. The molecule has 0 fully saturated rings. The zero-order valence-corrected chi connectivity index (χ0v) is 12.2. The summed E-state index contributed by atoms with van der Waals surface area (Å²) in [6, 6.07) is 5.50. The third-order valence-electron chi connectivity index (χ3n) is 2.66. The number of nitrogens with one attached hydrogen (secondary N) is 2. The number of benzene rings is 1. The Morgan fingerprint density at radius 2 is 2.16 bits per heavy atom. The van der Waals surface area contributed by atoms with Crippen molar-refractivity contribution in [1.29, 1.82) is 0 Å². The summed E-state index contributed by atoms with van der Waals surface area (Å²) in [5.41, 5.74) is 0.990. The van der Waals surface area contributed by atoms with Crippen LogP contribution in [0.3, 0.4) is 0 Å². The van der Waals surface area contributed by atoms with Crippen molar-refractivity contribution in [2.75, 3.05) is 20.2 Å². The number of amides is 1. The summed E-state index contributed by atoms with van der Waals surface area (Å²) in [5, 5.41) is 6.73. The molecule has 0 heterocycles. The molecule has 0 atom stereocenters. The Balaban J connectivity index is 2.33. The molecule has 4 nitrogen and oxygen atoms in total. The van der Waals surface area contributed by atoms with Crippen LogP contribution in [-0.4, -0.2) is 26.1 Å². The Kier molecular flexibility index (Phi) is 7.30. The lowest BCUT2D eigenvalue weighted by Crippen LogP contribution is -2.28. The van der Waals surface area contributed by atoms with Crippen LogP contribution in [-0.2, 0) is 11.3 Å². The van der Waals surface area contributed by atoms with Crippen molar-refractivity contribution in [3.63, 3.8) is 0 Å². The van der Waals surface area contributed by atoms with Gasteiger partial charge in [-0.15, -0.1) is 0 Å². The van der Waals surface area contributed by atoms with Gasteiger partial charge >= 0.3 is 0 Å². The molecule has 1 aromatic rings. The molecule has 0 saturated heterocycles. The molecule has 1 amide bonds. The molecule has 0 saturated carbocycles. The summed E-state index contributed by atoms with van der Waals surface area (Å²) >= 11 is 5.95. The van der Waals surface area contributed by atoms with Gasteiger partial charge in [-0.2, -0.15) is 0 Å². The van der Waals surface area contributed by atoms with Gasteiger partial charge in [-0.05, 0) is 24.6 Å². The number of methoxy groups -OCH3 is 1. The lowest BCUT2D eigenvalue weighted by atomic mass is 10.2. The highest BCUT2D eigenvalue weighted by atomic mass is 35.5. The fourth-order valence-corrected chi connectivity index (χ4v) is 1.86. The van der Waals surface area contributed by atoms with Crippen LogP contribution in [0.15, 0.2) is 18.2 Å². The van der Waals surface area contributed by atoms with Gasteiger partial charge in [0.05, 0.1) is 7.11 Å². The first-order chi connectivity index (χ1) is 9.17. The second-order valence-electron chi connectivity index (χ2n) is 4.23. The lowest BCUT2D eigenvalue weighted by molar-refractivity contribution is -0.120. The van der Waals surface area contributed by atoms with E-state index in [0.717, 1.165) is 24.3 Å². The number of hydrogen-bond acceptors (Lipinski definition) is 3. The van der Waals surface area contributed by atoms with Crippen LogP contribution >= 0.6 is 11.6 Å².